The van der Waals surface area contributed by atoms with E-state index in [-0.39, 0.29) is 12.1 Å². The summed E-state index contributed by atoms with van der Waals surface area (Å²) in [6, 6.07) is 22.3. The lowest BCUT2D eigenvalue weighted by atomic mass is 10.1. The van der Waals surface area contributed by atoms with E-state index in [0.29, 0.717) is 5.82 Å². The summed E-state index contributed by atoms with van der Waals surface area (Å²) in [6.07, 6.45) is 0. The van der Waals surface area contributed by atoms with E-state index < -0.39 is 23.7 Å². The molecular formula is C24H21FN4O2. The molecule has 1 aromatic heterocycles. The fraction of sp³-hybridized carbons (Fsp3) is 0.125. The van der Waals surface area contributed by atoms with Crippen molar-refractivity contribution in [3.05, 3.63) is 102 Å². The van der Waals surface area contributed by atoms with Crippen molar-refractivity contribution in [3.63, 3.8) is 0 Å². The summed E-state index contributed by atoms with van der Waals surface area (Å²) >= 11 is 0. The Bertz CT molecular complexity index is 1240. The number of amides is 2. The number of aryl methyl sites for hydroxylation is 1. The smallest absolute Gasteiger partial charge is 0.254 e. The highest BCUT2D eigenvalue weighted by atomic mass is 19.1. The van der Waals surface area contributed by atoms with Gasteiger partial charge in [0.2, 0.25) is 5.91 Å². The van der Waals surface area contributed by atoms with Gasteiger partial charge >= 0.3 is 0 Å². The molecule has 1 heterocycles. The molecule has 0 fully saturated rings. The van der Waals surface area contributed by atoms with E-state index in [1.54, 1.807) is 6.07 Å². The van der Waals surface area contributed by atoms with Gasteiger partial charge in [-0.3, -0.25) is 9.59 Å². The minimum Gasteiger partial charge on any atom is -0.343 e. The van der Waals surface area contributed by atoms with Crippen molar-refractivity contribution in [2.75, 3.05) is 6.54 Å². The summed E-state index contributed by atoms with van der Waals surface area (Å²) in [7, 11) is 1.90. The first-order chi connectivity index (χ1) is 15.0. The predicted octanol–water partition coefficient (Wildman–Crippen LogP) is 3.35. The molecule has 2 N–H and O–H groups in total. The topological polar surface area (TPSA) is 76.0 Å². The van der Waals surface area contributed by atoms with Crippen LogP contribution in [0.4, 0.5) is 4.39 Å². The molecule has 2 amide bonds. The minimum atomic E-state index is -0.646. The molecule has 4 rings (SSSR count). The highest BCUT2D eigenvalue weighted by molar-refractivity contribution is 5.96. The normalized spacial score (nSPS) is 11.8. The summed E-state index contributed by atoms with van der Waals surface area (Å²) in [5, 5.41) is 5.41. The van der Waals surface area contributed by atoms with Crippen molar-refractivity contribution >= 4 is 22.8 Å². The van der Waals surface area contributed by atoms with E-state index in [1.807, 2.05) is 66.2 Å². The van der Waals surface area contributed by atoms with Crippen LogP contribution in [0.15, 0.2) is 78.9 Å². The number of benzene rings is 3. The molecule has 0 saturated carbocycles. The maximum atomic E-state index is 13.8. The average Bonchev–Trinajstić information content (AvgIpc) is 3.13. The second kappa shape index (κ2) is 8.79. The van der Waals surface area contributed by atoms with Crippen molar-refractivity contribution in [3.8, 4) is 0 Å². The Morgan fingerprint density at radius 3 is 2.39 bits per heavy atom. The maximum Gasteiger partial charge on any atom is 0.254 e. The van der Waals surface area contributed by atoms with Crippen molar-refractivity contribution in [2.24, 2.45) is 7.05 Å². The molecule has 0 aliphatic rings. The molecule has 1 atom stereocenters. The number of halogens is 1. The number of hydrogen-bond donors (Lipinski definition) is 2. The van der Waals surface area contributed by atoms with E-state index in [2.05, 4.69) is 10.6 Å². The lowest BCUT2D eigenvalue weighted by molar-refractivity contribution is -0.120. The van der Waals surface area contributed by atoms with Crippen LogP contribution in [-0.4, -0.2) is 27.9 Å². The summed E-state index contributed by atoms with van der Waals surface area (Å²) in [5.74, 6) is -1.03. The van der Waals surface area contributed by atoms with Gasteiger partial charge in [-0.15, -0.1) is 0 Å². The Kier molecular flexibility index (Phi) is 5.75. The Morgan fingerprint density at radius 2 is 1.65 bits per heavy atom. The van der Waals surface area contributed by atoms with Crippen LogP contribution in [0.3, 0.4) is 0 Å². The summed E-state index contributed by atoms with van der Waals surface area (Å²) in [4.78, 5) is 29.6. The van der Waals surface area contributed by atoms with E-state index in [4.69, 9.17) is 4.98 Å². The lowest BCUT2D eigenvalue weighted by Crippen LogP contribution is -2.39. The third-order valence-electron chi connectivity index (χ3n) is 5.05. The number of rotatable bonds is 6. The molecule has 31 heavy (non-hydrogen) atoms. The number of fused-ring (bicyclic) bond motifs is 1. The molecule has 156 valence electrons. The molecular weight excluding hydrogens is 395 g/mol. The number of imidazole rings is 1. The van der Waals surface area contributed by atoms with Crippen molar-refractivity contribution in [1.82, 2.24) is 20.2 Å². The Balaban J connectivity index is 1.55. The molecule has 0 bridgehead atoms. The second-order valence-corrected chi connectivity index (χ2v) is 7.09. The largest absolute Gasteiger partial charge is 0.343 e. The van der Waals surface area contributed by atoms with E-state index in [9.17, 15) is 14.0 Å². The number of carbonyl (C=O) groups excluding carboxylic acids is 2. The second-order valence-electron chi connectivity index (χ2n) is 7.09. The Hall–Kier alpha value is -4.00. The molecule has 7 heteroatoms. The average molecular weight is 416 g/mol. The third kappa shape index (κ3) is 4.30. The predicted molar refractivity (Wildman–Crippen MR) is 116 cm³/mol. The molecule has 3 aromatic carbocycles. The fourth-order valence-electron chi connectivity index (χ4n) is 3.48. The highest BCUT2D eigenvalue weighted by Gasteiger charge is 2.23. The molecule has 0 aliphatic heterocycles. The summed E-state index contributed by atoms with van der Waals surface area (Å²) < 4.78 is 15.7. The van der Waals surface area contributed by atoms with Crippen LogP contribution in [0, 0.1) is 5.82 Å². The van der Waals surface area contributed by atoms with Gasteiger partial charge in [-0.25, -0.2) is 9.37 Å². The zero-order valence-corrected chi connectivity index (χ0v) is 16.9. The van der Waals surface area contributed by atoms with Crippen LogP contribution < -0.4 is 10.6 Å². The van der Waals surface area contributed by atoms with Gasteiger partial charge in [0, 0.05) is 7.05 Å². The van der Waals surface area contributed by atoms with Crippen LogP contribution in [-0.2, 0) is 11.8 Å². The number of nitrogens with zero attached hydrogens (tertiary/aromatic N) is 2. The van der Waals surface area contributed by atoms with E-state index in [0.717, 1.165) is 16.6 Å². The van der Waals surface area contributed by atoms with Gasteiger partial charge in [0.1, 0.15) is 17.7 Å². The van der Waals surface area contributed by atoms with Crippen LogP contribution in [0.1, 0.15) is 27.8 Å². The molecule has 1 unspecified atom stereocenters. The lowest BCUT2D eigenvalue weighted by Gasteiger charge is -2.19. The third-order valence-corrected chi connectivity index (χ3v) is 5.05. The van der Waals surface area contributed by atoms with Gasteiger partial charge in [-0.2, -0.15) is 0 Å². The summed E-state index contributed by atoms with van der Waals surface area (Å²) in [6.45, 7) is -0.291. The number of carbonyl (C=O) groups is 2. The van der Waals surface area contributed by atoms with Crippen LogP contribution in [0.5, 0.6) is 0 Å². The monoisotopic (exact) mass is 416 g/mol. The number of nitrogens with one attached hydrogen (secondary N) is 2. The van der Waals surface area contributed by atoms with Gasteiger partial charge in [-0.1, -0.05) is 54.6 Å². The standard InChI is InChI=1S/C24H21FN4O2/c1-29-20-14-8-7-13-19(20)27-23(29)22(16-9-3-2-4-10-16)28-21(30)15-26-24(31)17-11-5-6-12-18(17)25/h2-14,22H,15H2,1H3,(H,26,31)(H,28,30). The van der Waals surface area contributed by atoms with Gasteiger partial charge in [0.25, 0.3) is 5.91 Å². The van der Waals surface area contributed by atoms with Gasteiger partial charge in [0.15, 0.2) is 0 Å². The summed E-state index contributed by atoms with van der Waals surface area (Å²) in [5.41, 5.74) is 2.52. The number of para-hydroxylation sites is 2. The minimum absolute atomic E-state index is 0.106. The van der Waals surface area contributed by atoms with Crippen LogP contribution >= 0.6 is 0 Å². The Morgan fingerprint density at radius 1 is 0.968 bits per heavy atom. The quantitative estimate of drug-likeness (QED) is 0.506. The molecule has 0 radical (unpaired) electrons. The fourth-order valence-corrected chi connectivity index (χ4v) is 3.48. The van der Waals surface area contributed by atoms with Crippen molar-refractivity contribution < 1.29 is 14.0 Å². The van der Waals surface area contributed by atoms with Gasteiger partial charge < -0.3 is 15.2 Å². The van der Waals surface area contributed by atoms with Crippen molar-refractivity contribution in [1.29, 1.82) is 0 Å². The van der Waals surface area contributed by atoms with Crippen LogP contribution in [0.2, 0.25) is 0 Å². The highest BCUT2D eigenvalue weighted by Crippen LogP contribution is 2.24. The van der Waals surface area contributed by atoms with Crippen molar-refractivity contribution in [2.45, 2.75) is 6.04 Å². The van der Waals surface area contributed by atoms with Gasteiger partial charge in [-0.05, 0) is 29.8 Å². The Labute approximate surface area is 178 Å². The molecule has 0 aliphatic carbocycles. The molecule has 6 nitrogen and oxygen atoms in total. The van der Waals surface area contributed by atoms with E-state index in [1.165, 1.54) is 18.2 Å². The molecule has 4 aromatic rings. The van der Waals surface area contributed by atoms with Gasteiger partial charge in [0.05, 0.1) is 23.1 Å². The maximum absolute atomic E-state index is 13.8. The first-order valence-electron chi connectivity index (χ1n) is 9.83. The SMILES string of the molecule is Cn1c(C(NC(=O)CNC(=O)c2ccccc2F)c2ccccc2)nc2ccccc21. The first-order valence-corrected chi connectivity index (χ1v) is 9.83. The molecule has 0 spiro atoms. The zero-order valence-electron chi connectivity index (χ0n) is 16.9. The molecule has 0 saturated heterocycles. The first kappa shape index (κ1) is 20.3. The number of hydrogen-bond acceptors (Lipinski definition) is 3. The number of aromatic nitrogens is 2. The zero-order chi connectivity index (χ0) is 21.8. The van der Waals surface area contributed by atoms with Crippen LogP contribution in [0.25, 0.3) is 11.0 Å². The van der Waals surface area contributed by atoms with E-state index >= 15 is 0 Å².